The minimum absolute atomic E-state index is 0.192. The summed E-state index contributed by atoms with van der Waals surface area (Å²) in [5.74, 6) is -0.192. The van der Waals surface area contributed by atoms with Gasteiger partial charge < -0.3 is 5.32 Å². The zero-order chi connectivity index (χ0) is 13.9. The number of nitrogens with zero attached hydrogens (tertiary/aromatic N) is 1. The van der Waals surface area contributed by atoms with Crippen LogP contribution in [-0.2, 0) is 6.54 Å². The maximum absolute atomic E-state index is 14.1. The zero-order valence-corrected chi connectivity index (χ0v) is 13.2. The lowest BCUT2D eigenvalue weighted by Crippen LogP contribution is -2.16. The van der Waals surface area contributed by atoms with Crippen molar-refractivity contribution >= 4 is 27.7 Å². The van der Waals surface area contributed by atoms with Gasteiger partial charge in [-0.1, -0.05) is 23.9 Å². The number of rotatable bonds is 5. The van der Waals surface area contributed by atoms with E-state index in [-0.39, 0.29) is 5.82 Å². The molecule has 0 amide bonds. The van der Waals surface area contributed by atoms with E-state index >= 15 is 0 Å². The fraction of sp³-hybridized carbons (Fsp3) is 0.267. The second-order valence-electron chi connectivity index (χ2n) is 4.78. The van der Waals surface area contributed by atoms with Gasteiger partial charge in [0.25, 0.3) is 0 Å². The third-order valence-corrected chi connectivity index (χ3v) is 5.21. The SMILES string of the molecule is Fc1cccc(CNC2CC2)c1Sc1ncccc1Br. The Morgan fingerprint density at radius 2 is 2.15 bits per heavy atom. The molecular weight excluding hydrogens is 339 g/mol. The van der Waals surface area contributed by atoms with Crippen LogP contribution >= 0.6 is 27.7 Å². The zero-order valence-electron chi connectivity index (χ0n) is 10.8. The van der Waals surface area contributed by atoms with Crippen LogP contribution in [-0.4, -0.2) is 11.0 Å². The largest absolute Gasteiger partial charge is 0.310 e. The first kappa shape index (κ1) is 14.0. The van der Waals surface area contributed by atoms with Crippen molar-refractivity contribution in [3.8, 4) is 0 Å². The Kier molecular flexibility index (Phi) is 4.38. The molecule has 1 saturated carbocycles. The van der Waals surface area contributed by atoms with Gasteiger partial charge in [0.1, 0.15) is 10.8 Å². The van der Waals surface area contributed by atoms with Gasteiger partial charge in [-0.25, -0.2) is 9.37 Å². The number of nitrogens with one attached hydrogen (secondary N) is 1. The highest BCUT2D eigenvalue weighted by Gasteiger charge is 2.21. The summed E-state index contributed by atoms with van der Waals surface area (Å²) < 4.78 is 15.0. The van der Waals surface area contributed by atoms with E-state index in [1.54, 1.807) is 12.3 Å². The molecule has 1 fully saturated rings. The van der Waals surface area contributed by atoms with Gasteiger partial charge in [-0.3, -0.25) is 0 Å². The van der Waals surface area contributed by atoms with E-state index in [1.807, 2.05) is 18.2 Å². The molecule has 1 aliphatic carbocycles. The molecule has 0 bridgehead atoms. The van der Waals surface area contributed by atoms with Crippen LogP contribution in [0.25, 0.3) is 0 Å². The smallest absolute Gasteiger partial charge is 0.137 e. The average Bonchev–Trinajstić information content (AvgIpc) is 3.26. The van der Waals surface area contributed by atoms with Crippen molar-refractivity contribution < 1.29 is 4.39 Å². The van der Waals surface area contributed by atoms with Crippen LogP contribution in [0.2, 0.25) is 0 Å². The van der Waals surface area contributed by atoms with Gasteiger partial charge in [0.2, 0.25) is 0 Å². The van der Waals surface area contributed by atoms with E-state index < -0.39 is 0 Å². The molecule has 0 atom stereocenters. The Morgan fingerprint density at radius 1 is 1.30 bits per heavy atom. The van der Waals surface area contributed by atoms with Gasteiger partial charge in [0.15, 0.2) is 0 Å². The molecule has 2 aromatic rings. The summed E-state index contributed by atoms with van der Waals surface area (Å²) >= 11 is 4.82. The molecule has 1 N–H and O–H groups in total. The van der Waals surface area contributed by atoms with Crippen LogP contribution in [0.4, 0.5) is 4.39 Å². The standard InChI is InChI=1S/C15H14BrFN2S/c16-12-4-2-8-18-15(12)20-14-10(3-1-5-13(14)17)9-19-11-6-7-11/h1-5,8,11,19H,6-7,9H2. The van der Waals surface area contributed by atoms with Crippen molar-refractivity contribution in [1.82, 2.24) is 10.3 Å². The lowest BCUT2D eigenvalue weighted by Gasteiger charge is -2.11. The Hall–Kier alpha value is -0.910. The number of pyridine rings is 1. The highest BCUT2D eigenvalue weighted by molar-refractivity contribution is 9.10. The molecule has 0 unspecified atom stereocenters. The molecule has 1 heterocycles. The molecule has 2 nitrogen and oxygen atoms in total. The van der Waals surface area contributed by atoms with Crippen LogP contribution in [0.15, 0.2) is 50.9 Å². The molecular formula is C15H14BrFN2S. The van der Waals surface area contributed by atoms with Crippen molar-refractivity contribution in [2.75, 3.05) is 0 Å². The molecule has 3 rings (SSSR count). The van der Waals surface area contributed by atoms with Gasteiger partial charge in [0, 0.05) is 18.8 Å². The minimum Gasteiger partial charge on any atom is -0.310 e. The molecule has 5 heteroatoms. The number of benzene rings is 1. The van der Waals surface area contributed by atoms with Crippen molar-refractivity contribution in [3.63, 3.8) is 0 Å². The summed E-state index contributed by atoms with van der Waals surface area (Å²) in [6, 6.07) is 9.61. The first-order valence-electron chi connectivity index (χ1n) is 6.53. The fourth-order valence-corrected chi connectivity index (χ4v) is 3.30. The van der Waals surface area contributed by atoms with Crippen molar-refractivity contribution in [3.05, 3.63) is 52.4 Å². The van der Waals surface area contributed by atoms with Crippen LogP contribution < -0.4 is 5.32 Å². The monoisotopic (exact) mass is 352 g/mol. The second-order valence-corrected chi connectivity index (χ2v) is 6.63. The van der Waals surface area contributed by atoms with E-state index in [4.69, 9.17) is 0 Å². The molecule has 0 saturated heterocycles. The highest BCUT2D eigenvalue weighted by Crippen LogP contribution is 2.35. The fourth-order valence-electron chi connectivity index (χ4n) is 1.89. The first-order chi connectivity index (χ1) is 9.74. The van der Waals surface area contributed by atoms with Crippen LogP contribution in [0.3, 0.4) is 0 Å². The van der Waals surface area contributed by atoms with Crippen LogP contribution in [0, 0.1) is 5.82 Å². The Labute approximate surface area is 130 Å². The quantitative estimate of drug-likeness (QED) is 0.863. The van der Waals surface area contributed by atoms with E-state index in [1.165, 1.54) is 30.7 Å². The lowest BCUT2D eigenvalue weighted by atomic mass is 10.2. The van der Waals surface area contributed by atoms with Gasteiger partial charge >= 0.3 is 0 Å². The maximum atomic E-state index is 14.1. The molecule has 1 aromatic heterocycles. The van der Waals surface area contributed by atoms with Crippen molar-refractivity contribution in [1.29, 1.82) is 0 Å². The Balaban J connectivity index is 1.85. The van der Waals surface area contributed by atoms with Gasteiger partial charge in [-0.05, 0) is 52.5 Å². The Morgan fingerprint density at radius 3 is 2.90 bits per heavy atom. The van der Waals surface area contributed by atoms with Crippen LogP contribution in [0.5, 0.6) is 0 Å². The van der Waals surface area contributed by atoms with Crippen molar-refractivity contribution in [2.45, 2.75) is 35.3 Å². The molecule has 1 aromatic carbocycles. The summed E-state index contributed by atoms with van der Waals surface area (Å²) in [4.78, 5) is 4.95. The van der Waals surface area contributed by atoms with E-state index in [0.29, 0.717) is 17.5 Å². The lowest BCUT2D eigenvalue weighted by molar-refractivity contribution is 0.589. The summed E-state index contributed by atoms with van der Waals surface area (Å²) in [7, 11) is 0. The second kappa shape index (κ2) is 6.24. The molecule has 1 aliphatic rings. The number of hydrogen-bond donors (Lipinski definition) is 1. The van der Waals surface area contributed by atoms with Gasteiger partial charge in [-0.2, -0.15) is 0 Å². The topological polar surface area (TPSA) is 24.9 Å². The minimum atomic E-state index is -0.192. The summed E-state index contributed by atoms with van der Waals surface area (Å²) in [5, 5.41) is 4.21. The molecule has 104 valence electrons. The van der Waals surface area contributed by atoms with E-state index in [2.05, 4.69) is 26.2 Å². The van der Waals surface area contributed by atoms with E-state index in [9.17, 15) is 4.39 Å². The highest BCUT2D eigenvalue weighted by atomic mass is 79.9. The maximum Gasteiger partial charge on any atom is 0.137 e. The predicted molar refractivity (Wildman–Crippen MR) is 82.3 cm³/mol. The number of halogens is 2. The summed E-state index contributed by atoms with van der Waals surface area (Å²) in [6.45, 7) is 0.704. The van der Waals surface area contributed by atoms with Crippen molar-refractivity contribution in [2.24, 2.45) is 0 Å². The van der Waals surface area contributed by atoms with E-state index in [0.717, 1.165) is 15.1 Å². The third kappa shape index (κ3) is 3.40. The average molecular weight is 353 g/mol. The first-order valence-corrected chi connectivity index (χ1v) is 8.14. The predicted octanol–water partition coefficient (Wildman–Crippen LogP) is 4.39. The molecule has 0 spiro atoms. The molecule has 0 radical (unpaired) electrons. The molecule has 20 heavy (non-hydrogen) atoms. The van der Waals surface area contributed by atoms with Crippen LogP contribution in [0.1, 0.15) is 18.4 Å². The van der Waals surface area contributed by atoms with Gasteiger partial charge in [0.05, 0.1) is 9.37 Å². The summed E-state index contributed by atoms with van der Waals surface area (Å²) in [5.41, 5.74) is 0.986. The van der Waals surface area contributed by atoms with Gasteiger partial charge in [-0.15, -0.1) is 0 Å². The number of aromatic nitrogens is 1. The number of hydrogen-bond acceptors (Lipinski definition) is 3. The Bertz CT molecular complexity index is 617. The molecule has 0 aliphatic heterocycles. The summed E-state index contributed by atoms with van der Waals surface area (Å²) in [6.07, 6.45) is 4.17. The normalized spacial score (nSPS) is 14.5. The third-order valence-electron chi connectivity index (χ3n) is 3.13.